The van der Waals surface area contributed by atoms with Gasteiger partial charge in [-0.2, -0.15) is 5.10 Å². The topological polar surface area (TPSA) is 103 Å². The van der Waals surface area contributed by atoms with E-state index in [0.717, 1.165) is 5.56 Å². The first-order valence-electron chi connectivity index (χ1n) is 7.93. The Balaban J connectivity index is 1.72. The number of hydrogen-bond acceptors (Lipinski definition) is 6. The van der Waals surface area contributed by atoms with Crippen LogP contribution >= 0.6 is 0 Å². The summed E-state index contributed by atoms with van der Waals surface area (Å²) in [7, 11) is -2.01. The first kappa shape index (κ1) is 17.9. The van der Waals surface area contributed by atoms with E-state index in [9.17, 15) is 8.42 Å². The lowest BCUT2D eigenvalue weighted by Gasteiger charge is -2.32. The van der Waals surface area contributed by atoms with Crippen LogP contribution in [0.4, 0.5) is 0 Å². The molecule has 0 amide bonds. The second-order valence-corrected chi connectivity index (χ2v) is 7.61. The lowest BCUT2D eigenvalue weighted by atomic mass is 10.1. The number of aryl methyl sites for hydroxylation is 1. The summed E-state index contributed by atoms with van der Waals surface area (Å²) in [6.07, 6.45) is 2.83. The van der Waals surface area contributed by atoms with Crippen molar-refractivity contribution in [1.82, 2.24) is 14.5 Å². The van der Waals surface area contributed by atoms with Gasteiger partial charge in [-0.05, 0) is 24.1 Å². The Labute approximate surface area is 146 Å². The number of ether oxygens (including phenoxy) is 2. The Morgan fingerprint density at radius 1 is 1.40 bits per heavy atom. The van der Waals surface area contributed by atoms with E-state index in [4.69, 9.17) is 14.6 Å². The molecular weight excluding hydrogens is 346 g/mol. The first-order valence-corrected chi connectivity index (χ1v) is 9.41. The highest BCUT2D eigenvalue weighted by Crippen LogP contribution is 2.20. The third-order valence-corrected chi connectivity index (χ3v) is 5.44. The Morgan fingerprint density at radius 2 is 2.16 bits per heavy atom. The number of sulfonamides is 1. The van der Waals surface area contributed by atoms with Gasteiger partial charge in [0, 0.05) is 19.9 Å². The van der Waals surface area contributed by atoms with E-state index >= 15 is 0 Å². The predicted octanol–water partition coefficient (Wildman–Crippen LogP) is 0.427. The number of aliphatic hydroxyl groups excluding tert-OH is 1. The normalized spacial score (nSPS) is 21.2. The third kappa shape index (κ3) is 4.37. The molecule has 0 unspecified atom stereocenters. The van der Waals surface area contributed by atoms with Gasteiger partial charge in [-0.1, -0.05) is 12.1 Å². The zero-order valence-corrected chi connectivity index (χ0v) is 14.6. The van der Waals surface area contributed by atoms with Crippen LogP contribution in [0.25, 0.3) is 0 Å². The van der Waals surface area contributed by atoms with Crippen molar-refractivity contribution < 1.29 is 23.0 Å². The van der Waals surface area contributed by atoms with E-state index in [2.05, 4.69) is 9.82 Å². The second-order valence-electron chi connectivity index (χ2n) is 5.90. The van der Waals surface area contributed by atoms with Crippen molar-refractivity contribution in [2.75, 3.05) is 13.2 Å². The number of benzene rings is 1. The van der Waals surface area contributed by atoms with Crippen LogP contribution in [0.15, 0.2) is 41.6 Å². The molecule has 8 nitrogen and oxygen atoms in total. The lowest BCUT2D eigenvalue weighted by Crippen LogP contribution is -2.51. The Bertz CT molecular complexity index is 803. The fraction of sp³-hybridized carbons (Fsp3) is 0.438. The summed E-state index contributed by atoms with van der Waals surface area (Å²) in [5, 5.41) is 13.0. The second kappa shape index (κ2) is 7.52. The molecule has 1 aromatic carbocycles. The fourth-order valence-electron chi connectivity index (χ4n) is 2.62. The Kier molecular flexibility index (Phi) is 5.38. The quantitative estimate of drug-likeness (QED) is 0.767. The predicted molar refractivity (Wildman–Crippen MR) is 89.5 cm³/mol. The van der Waals surface area contributed by atoms with Crippen LogP contribution in [0, 0.1) is 0 Å². The zero-order valence-electron chi connectivity index (χ0n) is 13.8. The summed E-state index contributed by atoms with van der Waals surface area (Å²) < 4.78 is 40.5. The van der Waals surface area contributed by atoms with E-state index in [1.165, 1.54) is 17.1 Å². The maximum atomic E-state index is 12.5. The van der Waals surface area contributed by atoms with Gasteiger partial charge in [0.1, 0.15) is 16.7 Å². The van der Waals surface area contributed by atoms with Gasteiger partial charge in [-0.15, -0.1) is 0 Å². The highest BCUT2D eigenvalue weighted by molar-refractivity contribution is 7.89. The number of rotatable bonds is 6. The van der Waals surface area contributed by atoms with Crippen molar-refractivity contribution >= 4 is 10.0 Å². The molecule has 0 aliphatic carbocycles. The highest BCUT2D eigenvalue weighted by Gasteiger charge is 2.32. The van der Waals surface area contributed by atoms with E-state index in [1.54, 1.807) is 31.3 Å². The molecule has 1 fully saturated rings. The molecular formula is C16H21N3O5S. The summed E-state index contributed by atoms with van der Waals surface area (Å²) >= 11 is 0. The maximum Gasteiger partial charge on any atom is 0.244 e. The summed E-state index contributed by atoms with van der Waals surface area (Å²) in [6, 6.07) is 6.60. The van der Waals surface area contributed by atoms with Crippen LogP contribution in [0.2, 0.25) is 0 Å². The smallest absolute Gasteiger partial charge is 0.244 e. The summed E-state index contributed by atoms with van der Waals surface area (Å²) in [5.41, 5.74) is 0.779. The molecule has 0 saturated carbocycles. The minimum absolute atomic E-state index is 0.0413. The standard InChI is InChI=1S/C16H21N3O5S/c1-19-9-14(8-17-19)25(21,22)18-15-6-7-23-11-16(15)24-13-4-2-12(10-20)3-5-13/h2-5,8-9,15-16,18,20H,6-7,10-11H2,1H3/t15-,16-/m1/s1. The molecule has 9 heteroatoms. The van der Waals surface area contributed by atoms with E-state index in [0.29, 0.717) is 25.4 Å². The maximum absolute atomic E-state index is 12.5. The van der Waals surface area contributed by atoms with Crippen molar-refractivity contribution in [3.8, 4) is 5.75 Å². The molecule has 25 heavy (non-hydrogen) atoms. The van der Waals surface area contributed by atoms with E-state index in [-0.39, 0.29) is 11.5 Å². The van der Waals surface area contributed by atoms with E-state index in [1.807, 2.05) is 0 Å². The van der Waals surface area contributed by atoms with Crippen molar-refractivity contribution in [2.24, 2.45) is 7.05 Å². The van der Waals surface area contributed by atoms with Gasteiger partial charge in [-0.3, -0.25) is 4.68 Å². The third-order valence-electron chi connectivity index (χ3n) is 4.00. The van der Waals surface area contributed by atoms with Crippen LogP contribution in [0.5, 0.6) is 5.75 Å². The Hall–Kier alpha value is -1.94. The van der Waals surface area contributed by atoms with Gasteiger partial charge in [0.25, 0.3) is 0 Å². The van der Waals surface area contributed by atoms with Crippen LogP contribution in [-0.4, -0.2) is 48.7 Å². The lowest BCUT2D eigenvalue weighted by molar-refractivity contribution is -0.00927. The number of nitrogens with zero attached hydrogens (tertiary/aromatic N) is 2. The monoisotopic (exact) mass is 367 g/mol. The Morgan fingerprint density at radius 3 is 2.80 bits per heavy atom. The average molecular weight is 367 g/mol. The minimum atomic E-state index is -3.68. The number of aliphatic hydroxyl groups is 1. The summed E-state index contributed by atoms with van der Waals surface area (Å²) in [5.74, 6) is 0.596. The summed E-state index contributed by atoms with van der Waals surface area (Å²) in [6.45, 7) is 0.714. The largest absolute Gasteiger partial charge is 0.486 e. The van der Waals surface area contributed by atoms with Crippen molar-refractivity contribution in [3.63, 3.8) is 0 Å². The van der Waals surface area contributed by atoms with Crippen molar-refractivity contribution in [3.05, 3.63) is 42.2 Å². The van der Waals surface area contributed by atoms with Crippen LogP contribution in [0.3, 0.4) is 0 Å². The SMILES string of the molecule is Cn1cc(S(=O)(=O)N[C@@H]2CCOC[C@H]2Oc2ccc(CO)cc2)cn1. The molecule has 2 atom stereocenters. The van der Waals surface area contributed by atoms with Crippen LogP contribution in [-0.2, 0) is 28.4 Å². The van der Waals surface area contributed by atoms with E-state index < -0.39 is 22.2 Å². The molecule has 136 valence electrons. The molecule has 2 aromatic rings. The van der Waals surface area contributed by atoms with Crippen molar-refractivity contribution in [1.29, 1.82) is 0 Å². The van der Waals surface area contributed by atoms with Gasteiger partial charge >= 0.3 is 0 Å². The zero-order chi connectivity index (χ0) is 17.9. The molecule has 1 aliphatic heterocycles. The van der Waals surface area contributed by atoms with Crippen LogP contribution < -0.4 is 9.46 Å². The molecule has 3 rings (SSSR count). The van der Waals surface area contributed by atoms with Gasteiger partial charge in [0.15, 0.2) is 0 Å². The highest BCUT2D eigenvalue weighted by atomic mass is 32.2. The van der Waals surface area contributed by atoms with Gasteiger partial charge in [0.2, 0.25) is 10.0 Å². The molecule has 2 N–H and O–H groups in total. The van der Waals surface area contributed by atoms with Crippen molar-refractivity contribution in [2.45, 2.75) is 30.1 Å². The first-order chi connectivity index (χ1) is 12.0. The molecule has 2 heterocycles. The molecule has 1 aromatic heterocycles. The fourth-order valence-corrected chi connectivity index (χ4v) is 3.90. The number of aromatic nitrogens is 2. The molecule has 0 bridgehead atoms. The minimum Gasteiger partial charge on any atom is -0.486 e. The number of nitrogens with one attached hydrogen (secondary N) is 1. The molecule has 1 aliphatic rings. The van der Waals surface area contributed by atoms with Gasteiger partial charge < -0.3 is 14.6 Å². The summed E-state index contributed by atoms with van der Waals surface area (Å²) in [4.78, 5) is 0.118. The van der Waals surface area contributed by atoms with Crippen LogP contribution in [0.1, 0.15) is 12.0 Å². The average Bonchev–Trinajstić information content (AvgIpc) is 3.05. The molecule has 1 saturated heterocycles. The molecule has 0 radical (unpaired) electrons. The van der Waals surface area contributed by atoms with Gasteiger partial charge in [0.05, 0.1) is 25.5 Å². The number of hydrogen-bond donors (Lipinski definition) is 2. The molecule has 0 spiro atoms. The van der Waals surface area contributed by atoms with Gasteiger partial charge in [-0.25, -0.2) is 13.1 Å².